The molecule has 1 heterocycles. The number of aromatic nitrogens is 3. The molecule has 1 aliphatic rings. The minimum absolute atomic E-state index is 0.0890. The zero-order valence-corrected chi connectivity index (χ0v) is 10.4. The summed E-state index contributed by atoms with van der Waals surface area (Å²) in [5.41, 5.74) is 9.27. The predicted molar refractivity (Wildman–Crippen MR) is 71.0 cm³/mol. The van der Waals surface area contributed by atoms with Gasteiger partial charge in [0, 0.05) is 5.69 Å². The van der Waals surface area contributed by atoms with E-state index in [1.807, 2.05) is 6.07 Å². The van der Waals surface area contributed by atoms with Gasteiger partial charge < -0.3 is 11.1 Å². The molecule has 5 nitrogen and oxygen atoms in total. The minimum atomic E-state index is 0.0890. The number of nitrogen functional groups attached to an aromatic ring is 1. The molecule has 0 atom stereocenters. The van der Waals surface area contributed by atoms with Gasteiger partial charge in [-0.3, -0.25) is 0 Å². The number of anilines is 3. The second-order valence-electron chi connectivity index (χ2n) is 4.25. The summed E-state index contributed by atoms with van der Waals surface area (Å²) in [4.78, 5) is 11.7. The van der Waals surface area contributed by atoms with Crippen LogP contribution in [-0.2, 0) is 12.8 Å². The number of benzene rings is 1. The number of hydrogen-bond acceptors (Lipinski definition) is 5. The Balaban J connectivity index is 1.88. The van der Waals surface area contributed by atoms with Gasteiger partial charge in [-0.1, -0.05) is 6.07 Å². The maximum Gasteiger partial charge on any atom is 0.233 e. The number of halogens is 1. The molecule has 6 heteroatoms. The van der Waals surface area contributed by atoms with Crippen molar-refractivity contribution in [3.63, 3.8) is 0 Å². The molecular formula is C12H12ClN5. The molecule has 0 saturated heterocycles. The summed E-state index contributed by atoms with van der Waals surface area (Å²) in [5, 5.41) is 3.18. The fourth-order valence-electron chi connectivity index (χ4n) is 2.20. The molecule has 0 unspecified atom stereocenters. The van der Waals surface area contributed by atoms with Crippen molar-refractivity contribution in [2.24, 2.45) is 0 Å². The number of rotatable bonds is 2. The molecule has 0 spiro atoms. The molecule has 92 valence electrons. The highest BCUT2D eigenvalue weighted by atomic mass is 35.5. The maximum absolute atomic E-state index is 5.73. The first-order valence-corrected chi connectivity index (χ1v) is 6.14. The summed E-state index contributed by atoms with van der Waals surface area (Å²) in [7, 11) is 0. The number of hydrogen-bond donors (Lipinski definition) is 2. The Morgan fingerprint density at radius 1 is 1.11 bits per heavy atom. The van der Waals surface area contributed by atoms with Crippen LogP contribution in [-0.4, -0.2) is 15.0 Å². The summed E-state index contributed by atoms with van der Waals surface area (Å²) in [6.45, 7) is 0. The Morgan fingerprint density at radius 3 is 2.78 bits per heavy atom. The number of fused-ring (bicyclic) bond motifs is 1. The molecule has 1 aromatic carbocycles. The quantitative estimate of drug-likeness (QED) is 0.868. The van der Waals surface area contributed by atoms with Crippen LogP contribution in [0.25, 0.3) is 0 Å². The summed E-state index contributed by atoms with van der Waals surface area (Å²) in [6.07, 6.45) is 3.52. The largest absolute Gasteiger partial charge is 0.368 e. The van der Waals surface area contributed by atoms with Gasteiger partial charge in [0.2, 0.25) is 17.2 Å². The summed E-state index contributed by atoms with van der Waals surface area (Å²) in [5.74, 6) is 0.476. The van der Waals surface area contributed by atoms with Crippen LogP contribution in [0.5, 0.6) is 0 Å². The van der Waals surface area contributed by atoms with Gasteiger partial charge in [-0.25, -0.2) is 0 Å². The van der Waals surface area contributed by atoms with Gasteiger partial charge in [-0.2, -0.15) is 15.0 Å². The van der Waals surface area contributed by atoms with Gasteiger partial charge in [0.15, 0.2) is 0 Å². The maximum atomic E-state index is 5.73. The molecule has 0 amide bonds. The highest BCUT2D eigenvalue weighted by molar-refractivity contribution is 6.28. The van der Waals surface area contributed by atoms with Crippen molar-refractivity contribution in [2.45, 2.75) is 19.3 Å². The molecular weight excluding hydrogens is 250 g/mol. The van der Waals surface area contributed by atoms with Crippen molar-refractivity contribution in [1.29, 1.82) is 0 Å². The number of nitrogens with two attached hydrogens (primary N) is 1. The molecule has 1 aliphatic carbocycles. The fourth-order valence-corrected chi connectivity index (χ4v) is 2.37. The lowest BCUT2D eigenvalue weighted by Crippen LogP contribution is -2.03. The summed E-state index contributed by atoms with van der Waals surface area (Å²) in [6, 6.07) is 6.27. The van der Waals surface area contributed by atoms with E-state index >= 15 is 0 Å². The van der Waals surface area contributed by atoms with E-state index in [-0.39, 0.29) is 11.2 Å². The van der Waals surface area contributed by atoms with Crippen LogP contribution in [0.15, 0.2) is 18.2 Å². The topological polar surface area (TPSA) is 76.7 Å². The second kappa shape index (κ2) is 4.42. The van der Waals surface area contributed by atoms with Crippen molar-refractivity contribution in [3.8, 4) is 0 Å². The molecule has 2 aromatic rings. The van der Waals surface area contributed by atoms with Crippen LogP contribution in [0.4, 0.5) is 17.6 Å². The normalized spacial score (nSPS) is 13.4. The van der Waals surface area contributed by atoms with Gasteiger partial charge in [0.05, 0.1) is 0 Å². The third-order valence-corrected chi connectivity index (χ3v) is 3.15. The van der Waals surface area contributed by atoms with Crippen molar-refractivity contribution in [3.05, 3.63) is 34.6 Å². The van der Waals surface area contributed by atoms with Crippen molar-refractivity contribution >= 4 is 29.2 Å². The molecule has 3 rings (SSSR count). The lowest BCUT2D eigenvalue weighted by molar-refractivity contribution is 0.912. The molecule has 0 aliphatic heterocycles. The van der Waals surface area contributed by atoms with E-state index in [4.69, 9.17) is 17.3 Å². The Labute approximate surface area is 109 Å². The van der Waals surface area contributed by atoms with Crippen LogP contribution in [0.2, 0.25) is 5.28 Å². The van der Waals surface area contributed by atoms with Crippen LogP contribution in [0.1, 0.15) is 17.5 Å². The van der Waals surface area contributed by atoms with E-state index in [0.717, 1.165) is 12.1 Å². The van der Waals surface area contributed by atoms with Crippen LogP contribution >= 0.6 is 11.6 Å². The molecule has 3 N–H and O–H groups in total. The highest BCUT2D eigenvalue weighted by Gasteiger charge is 2.11. The number of aryl methyl sites for hydroxylation is 2. The SMILES string of the molecule is Nc1nc(Cl)nc(Nc2ccc3c(c2)CCC3)n1. The van der Waals surface area contributed by atoms with Gasteiger partial charge in [-0.15, -0.1) is 0 Å². The molecule has 0 fully saturated rings. The smallest absolute Gasteiger partial charge is 0.233 e. The minimum Gasteiger partial charge on any atom is -0.368 e. The van der Waals surface area contributed by atoms with Gasteiger partial charge >= 0.3 is 0 Å². The Bertz CT molecular complexity index is 579. The van der Waals surface area contributed by atoms with Crippen molar-refractivity contribution < 1.29 is 0 Å². The molecule has 0 radical (unpaired) electrons. The number of nitrogens with zero attached hydrogens (tertiary/aromatic N) is 3. The van der Waals surface area contributed by atoms with E-state index in [1.165, 1.54) is 24.0 Å². The van der Waals surface area contributed by atoms with E-state index in [1.54, 1.807) is 0 Å². The van der Waals surface area contributed by atoms with Crippen molar-refractivity contribution in [2.75, 3.05) is 11.1 Å². The molecule has 0 saturated carbocycles. The molecule has 0 bridgehead atoms. The zero-order valence-electron chi connectivity index (χ0n) is 9.65. The lowest BCUT2D eigenvalue weighted by Gasteiger charge is -2.07. The first kappa shape index (κ1) is 11.2. The van der Waals surface area contributed by atoms with Crippen LogP contribution in [0.3, 0.4) is 0 Å². The van der Waals surface area contributed by atoms with E-state index in [2.05, 4.69) is 32.4 Å². The Morgan fingerprint density at radius 2 is 1.94 bits per heavy atom. The standard InChI is InChI=1S/C12H12ClN5/c13-10-16-11(14)18-12(17-10)15-9-5-4-7-2-1-3-8(7)6-9/h4-6H,1-3H2,(H3,14,15,16,17,18). The second-order valence-corrected chi connectivity index (χ2v) is 4.59. The first-order valence-electron chi connectivity index (χ1n) is 5.76. The van der Waals surface area contributed by atoms with Gasteiger partial charge in [-0.05, 0) is 54.1 Å². The predicted octanol–water partition coefficient (Wildman–Crippen LogP) is 2.34. The van der Waals surface area contributed by atoms with Crippen molar-refractivity contribution in [1.82, 2.24) is 15.0 Å². The summed E-state index contributed by atoms with van der Waals surface area (Å²) < 4.78 is 0. The van der Waals surface area contributed by atoms with Gasteiger partial charge in [0.25, 0.3) is 0 Å². The monoisotopic (exact) mass is 261 g/mol. The average molecular weight is 262 g/mol. The first-order chi connectivity index (χ1) is 8.70. The van der Waals surface area contributed by atoms with Crippen LogP contribution in [0, 0.1) is 0 Å². The lowest BCUT2D eigenvalue weighted by atomic mass is 10.1. The summed E-state index contributed by atoms with van der Waals surface area (Å²) >= 11 is 5.73. The third kappa shape index (κ3) is 2.22. The van der Waals surface area contributed by atoms with Gasteiger partial charge in [0.1, 0.15) is 0 Å². The third-order valence-electron chi connectivity index (χ3n) is 2.98. The Kier molecular flexibility index (Phi) is 2.76. The Hall–Kier alpha value is -1.88. The van der Waals surface area contributed by atoms with E-state index < -0.39 is 0 Å². The average Bonchev–Trinajstić information content (AvgIpc) is 2.74. The zero-order chi connectivity index (χ0) is 12.5. The van der Waals surface area contributed by atoms with E-state index in [9.17, 15) is 0 Å². The molecule has 18 heavy (non-hydrogen) atoms. The van der Waals surface area contributed by atoms with E-state index in [0.29, 0.717) is 5.95 Å². The van der Waals surface area contributed by atoms with Crippen LogP contribution < -0.4 is 11.1 Å². The highest BCUT2D eigenvalue weighted by Crippen LogP contribution is 2.26. The molecule has 1 aromatic heterocycles. The number of nitrogens with one attached hydrogen (secondary N) is 1. The fraction of sp³-hybridized carbons (Fsp3) is 0.250.